The number of nitrogens with zero attached hydrogens (tertiary/aromatic N) is 4. The smallest absolute Gasteiger partial charge is 0.273 e. The maximum atomic E-state index is 13.5. The first-order chi connectivity index (χ1) is 19.5. The second kappa shape index (κ2) is 12.9. The number of thiazole rings is 1. The fourth-order valence-electron chi connectivity index (χ4n) is 4.88. The molecule has 1 saturated heterocycles. The predicted molar refractivity (Wildman–Crippen MR) is 156 cm³/mol. The number of rotatable bonds is 10. The number of aromatic nitrogens is 1. The van der Waals surface area contributed by atoms with Crippen LogP contribution in [0.3, 0.4) is 0 Å². The number of halogens is 1. The summed E-state index contributed by atoms with van der Waals surface area (Å²) in [6.45, 7) is 4.58. The van der Waals surface area contributed by atoms with Gasteiger partial charge in [-0.05, 0) is 47.5 Å². The third-order valence-corrected chi connectivity index (χ3v) is 7.84. The molecular weight excluding hydrogens is 527 g/mol. The van der Waals surface area contributed by atoms with E-state index in [0.29, 0.717) is 38.4 Å². The molecule has 9 heteroatoms. The number of para-hydroxylation sites is 2. The highest BCUT2D eigenvalue weighted by Gasteiger charge is 2.25. The van der Waals surface area contributed by atoms with Gasteiger partial charge in [-0.25, -0.2) is 9.37 Å². The van der Waals surface area contributed by atoms with E-state index in [4.69, 9.17) is 14.5 Å². The van der Waals surface area contributed by atoms with Crippen molar-refractivity contribution in [1.29, 1.82) is 0 Å². The highest BCUT2D eigenvalue weighted by molar-refractivity contribution is 7.09. The first-order valence-corrected chi connectivity index (χ1v) is 14.1. The van der Waals surface area contributed by atoms with E-state index in [1.54, 1.807) is 26.4 Å². The van der Waals surface area contributed by atoms with Gasteiger partial charge < -0.3 is 19.3 Å². The Morgan fingerprint density at radius 1 is 0.875 bits per heavy atom. The van der Waals surface area contributed by atoms with Gasteiger partial charge in [0, 0.05) is 44.6 Å². The summed E-state index contributed by atoms with van der Waals surface area (Å²) >= 11 is 1.49. The van der Waals surface area contributed by atoms with E-state index in [1.165, 1.54) is 23.5 Å². The van der Waals surface area contributed by atoms with Gasteiger partial charge in [-0.3, -0.25) is 9.69 Å². The summed E-state index contributed by atoms with van der Waals surface area (Å²) in [5.74, 6) is 1.35. The van der Waals surface area contributed by atoms with E-state index in [9.17, 15) is 9.18 Å². The van der Waals surface area contributed by atoms with Gasteiger partial charge in [0.05, 0.1) is 26.5 Å². The number of carbonyl (C=O) groups excluding carboxylic acids is 1. The molecule has 1 fully saturated rings. The molecule has 3 aromatic carbocycles. The minimum absolute atomic E-state index is 0.0394. The van der Waals surface area contributed by atoms with Gasteiger partial charge in [0.2, 0.25) is 0 Å². The summed E-state index contributed by atoms with van der Waals surface area (Å²) in [5.41, 5.74) is 3.67. The molecule has 40 heavy (non-hydrogen) atoms. The molecule has 0 spiro atoms. The maximum absolute atomic E-state index is 13.5. The number of benzene rings is 3. The van der Waals surface area contributed by atoms with Crippen molar-refractivity contribution in [3.63, 3.8) is 0 Å². The summed E-state index contributed by atoms with van der Waals surface area (Å²) in [6.07, 6.45) is 0. The molecule has 0 unspecified atom stereocenters. The number of anilines is 1. The van der Waals surface area contributed by atoms with Gasteiger partial charge in [0.15, 0.2) is 0 Å². The maximum Gasteiger partial charge on any atom is 0.273 e. The molecule has 1 aliphatic heterocycles. The van der Waals surface area contributed by atoms with Gasteiger partial charge >= 0.3 is 0 Å². The normalized spacial score (nSPS) is 13.5. The molecule has 208 valence electrons. The van der Waals surface area contributed by atoms with Crippen LogP contribution in [0, 0.1) is 5.82 Å². The van der Waals surface area contributed by atoms with E-state index < -0.39 is 0 Å². The second-order valence-electron chi connectivity index (χ2n) is 9.70. The van der Waals surface area contributed by atoms with Gasteiger partial charge in [-0.15, -0.1) is 11.3 Å². The monoisotopic (exact) mass is 560 g/mol. The Morgan fingerprint density at radius 3 is 2.17 bits per heavy atom. The summed E-state index contributed by atoms with van der Waals surface area (Å²) in [5, 5.41) is 2.72. The Balaban J connectivity index is 1.24. The van der Waals surface area contributed by atoms with Gasteiger partial charge in [-0.1, -0.05) is 36.4 Å². The van der Waals surface area contributed by atoms with E-state index >= 15 is 0 Å². The Morgan fingerprint density at radius 2 is 1.52 bits per heavy atom. The van der Waals surface area contributed by atoms with Crippen LogP contribution in [0.15, 0.2) is 78.2 Å². The SMILES string of the molecule is COc1ccc(CN(Cc2ccc(F)cc2)Cc2nc(C(=O)N3CCN(c4ccccc4OC)CC3)cs2)cc1. The van der Waals surface area contributed by atoms with E-state index in [1.807, 2.05) is 58.8 Å². The molecule has 1 aromatic heterocycles. The second-order valence-corrected chi connectivity index (χ2v) is 10.6. The van der Waals surface area contributed by atoms with Crippen LogP contribution in [0.5, 0.6) is 11.5 Å². The van der Waals surface area contributed by atoms with E-state index in [0.717, 1.165) is 46.4 Å². The molecular formula is C31H33FN4O3S. The average molecular weight is 561 g/mol. The van der Waals surface area contributed by atoms with Crippen LogP contribution in [0.2, 0.25) is 0 Å². The minimum Gasteiger partial charge on any atom is -0.497 e. The fourth-order valence-corrected chi connectivity index (χ4v) is 5.69. The Kier molecular flexibility index (Phi) is 8.93. The Hall–Kier alpha value is -3.95. The predicted octanol–water partition coefficient (Wildman–Crippen LogP) is 5.46. The fraction of sp³-hybridized carbons (Fsp3) is 0.290. The number of ether oxygens (including phenoxy) is 2. The van der Waals surface area contributed by atoms with Crippen molar-refractivity contribution < 1.29 is 18.7 Å². The zero-order valence-corrected chi connectivity index (χ0v) is 23.6. The summed E-state index contributed by atoms with van der Waals surface area (Å²) in [7, 11) is 3.33. The summed E-state index contributed by atoms with van der Waals surface area (Å²) in [6, 6.07) is 22.5. The standard InChI is InChI=1S/C31H33FN4O3S/c1-38-26-13-9-24(10-14-26)20-34(19-23-7-11-25(32)12-8-23)21-30-33-27(22-40-30)31(37)36-17-15-35(16-18-36)28-5-3-4-6-29(28)39-2/h3-14,22H,15-21H2,1-2H3. The first-order valence-electron chi connectivity index (χ1n) is 13.2. The van der Waals surface area contributed by atoms with Crippen LogP contribution in [0.4, 0.5) is 10.1 Å². The Labute approximate surface area is 238 Å². The Bertz CT molecular complexity index is 1400. The van der Waals surface area contributed by atoms with Crippen LogP contribution in [-0.2, 0) is 19.6 Å². The molecule has 4 aromatic rings. The lowest BCUT2D eigenvalue weighted by atomic mass is 10.1. The molecule has 0 radical (unpaired) electrons. The van der Waals surface area contributed by atoms with Crippen LogP contribution in [0.25, 0.3) is 0 Å². The van der Waals surface area contributed by atoms with Crippen molar-refractivity contribution in [2.24, 2.45) is 0 Å². The largest absolute Gasteiger partial charge is 0.497 e. The van der Waals surface area contributed by atoms with Gasteiger partial charge in [0.25, 0.3) is 5.91 Å². The van der Waals surface area contributed by atoms with Crippen molar-refractivity contribution >= 4 is 22.9 Å². The quantitative estimate of drug-likeness (QED) is 0.257. The topological polar surface area (TPSA) is 58.1 Å². The number of carbonyl (C=O) groups is 1. The van der Waals surface area contributed by atoms with E-state index in [2.05, 4.69) is 9.80 Å². The molecule has 2 heterocycles. The number of amides is 1. The van der Waals surface area contributed by atoms with Crippen LogP contribution >= 0.6 is 11.3 Å². The van der Waals surface area contributed by atoms with Crippen molar-refractivity contribution in [1.82, 2.24) is 14.8 Å². The van der Waals surface area contributed by atoms with Gasteiger partial charge in [-0.2, -0.15) is 0 Å². The van der Waals surface area contributed by atoms with Gasteiger partial charge in [0.1, 0.15) is 28.0 Å². The third-order valence-electron chi connectivity index (χ3n) is 7.01. The lowest BCUT2D eigenvalue weighted by molar-refractivity contribution is 0.0741. The molecule has 0 atom stereocenters. The molecule has 1 amide bonds. The van der Waals surface area contributed by atoms with Crippen molar-refractivity contribution in [3.8, 4) is 11.5 Å². The lowest BCUT2D eigenvalue weighted by Gasteiger charge is -2.36. The lowest BCUT2D eigenvalue weighted by Crippen LogP contribution is -2.49. The third kappa shape index (κ3) is 6.78. The minimum atomic E-state index is -0.253. The van der Waals surface area contributed by atoms with Crippen LogP contribution in [-0.4, -0.2) is 61.1 Å². The molecule has 1 aliphatic rings. The van der Waals surface area contributed by atoms with E-state index in [-0.39, 0.29) is 11.7 Å². The molecule has 0 bridgehead atoms. The van der Waals surface area contributed by atoms with Crippen molar-refractivity contribution in [2.45, 2.75) is 19.6 Å². The number of methoxy groups -OCH3 is 2. The van der Waals surface area contributed by atoms with Crippen molar-refractivity contribution in [2.75, 3.05) is 45.3 Å². The van der Waals surface area contributed by atoms with Crippen molar-refractivity contribution in [3.05, 3.63) is 106 Å². The molecule has 7 nitrogen and oxygen atoms in total. The molecule has 0 N–H and O–H groups in total. The number of piperazine rings is 1. The zero-order valence-electron chi connectivity index (χ0n) is 22.8. The van der Waals surface area contributed by atoms with Crippen LogP contribution < -0.4 is 14.4 Å². The molecule has 5 rings (SSSR count). The highest BCUT2D eigenvalue weighted by atomic mass is 32.1. The summed E-state index contributed by atoms with van der Waals surface area (Å²) < 4.78 is 24.3. The molecule has 0 aliphatic carbocycles. The van der Waals surface area contributed by atoms with Crippen LogP contribution in [0.1, 0.15) is 26.6 Å². The zero-order chi connectivity index (χ0) is 27.9. The number of hydrogen-bond donors (Lipinski definition) is 0. The average Bonchev–Trinajstić information content (AvgIpc) is 3.47. The molecule has 0 saturated carbocycles. The number of hydrogen-bond acceptors (Lipinski definition) is 7. The first kappa shape index (κ1) is 27.6. The summed E-state index contributed by atoms with van der Waals surface area (Å²) in [4.78, 5) is 24.4. The highest BCUT2D eigenvalue weighted by Crippen LogP contribution is 2.28.